The monoisotopic (exact) mass is 369 g/mol. The molecule has 1 unspecified atom stereocenters. The van der Waals surface area contributed by atoms with Gasteiger partial charge in [-0.05, 0) is 36.1 Å². The fraction of sp³-hybridized carbons (Fsp3) is 0.409. The van der Waals surface area contributed by atoms with Gasteiger partial charge in [0.25, 0.3) is 0 Å². The van der Waals surface area contributed by atoms with Crippen LogP contribution in [0.5, 0.6) is 5.75 Å². The van der Waals surface area contributed by atoms with Gasteiger partial charge in [0.15, 0.2) is 0 Å². The van der Waals surface area contributed by atoms with Crippen molar-refractivity contribution in [2.75, 3.05) is 26.9 Å². The van der Waals surface area contributed by atoms with Crippen molar-refractivity contribution < 1.29 is 19.4 Å². The molecule has 27 heavy (non-hydrogen) atoms. The van der Waals surface area contributed by atoms with Gasteiger partial charge in [-0.2, -0.15) is 0 Å². The highest BCUT2D eigenvalue weighted by molar-refractivity contribution is 5.88. The summed E-state index contributed by atoms with van der Waals surface area (Å²) in [5.41, 5.74) is 1.38. The molecule has 1 saturated heterocycles. The van der Waals surface area contributed by atoms with Crippen LogP contribution in [0.25, 0.3) is 0 Å². The van der Waals surface area contributed by atoms with Gasteiger partial charge >= 0.3 is 0 Å². The molecule has 0 bridgehead atoms. The molecule has 5 heteroatoms. The number of carbonyl (C=O) groups excluding carboxylic acids is 1. The summed E-state index contributed by atoms with van der Waals surface area (Å²) in [7, 11) is 1.63. The molecule has 1 aliphatic rings. The number of aliphatic hydroxyl groups excluding tert-OH is 1. The maximum Gasteiger partial charge on any atom is 0.230 e. The summed E-state index contributed by atoms with van der Waals surface area (Å²) >= 11 is 0. The van der Waals surface area contributed by atoms with Crippen molar-refractivity contribution in [2.45, 2.75) is 30.8 Å². The Labute approximate surface area is 160 Å². The number of rotatable bonds is 7. The van der Waals surface area contributed by atoms with E-state index in [4.69, 9.17) is 9.47 Å². The highest BCUT2D eigenvalue weighted by Crippen LogP contribution is 2.36. The van der Waals surface area contributed by atoms with Crippen LogP contribution < -0.4 is 10.1 Å². The fourth-order valence-electron chi connectivity index (χ4n) is 3.61. The maximum atomic E-state index is 13.1. The minimum absolute atomic E-state index is 0.0527. The number of hydrogen-bond acceptors (Lipinski definition) is 4. The largest absolute Gasteiger partial charge is 0.497 e. The Hall–Kier alpha value is -2.37. The normalized spacial score (nSPS) is 17.1. The van der Waals surface area contributed by atoms with Crippen LogP contribution >= 0.6 is 0 Å². The summed E-state index contributed by atoms with van der Waals surface area (Å²) < 4.78 is 10.7. The lowest BCUT2D eigenvalue weighted by molar-refractivity contribution is -0.131. The van der Waals surface area contributed by atoms with E-state index in [-0.39, 0.29) is 12.5 Å². The molecule has 144 valence electrons. The van der Waals surface area contributed by atoms with Gasteiger partial charge in [-0.15, -0.1) is 0 Å². The Morgan fingerprint density at radius 1 is 1.15 bits per heavy atom. The number of carbonyl (C=O) groups is 1. The average molecular weight is 369 g/mol. The Balaban J connectivity index is 1.68. The first-order valence-electron chi connectivity index (χ1n) is 9.36. The summed E-state index contributed by atoms with van der Waals surface area (Å²) in [5.74, 6) is 0.711. The molecule has 3 rings (SSSR count). The second kappa shape index (κ2) is 9.02. The highest BCUT2D eigenvalue weighted by atomic mass is 16.5. The molecule has 2 aromatic carbocycles. The highest BCUT2D eigenvalue weighted by Gasteiger charge is 2.41. The lowest BCUT2D eigenvalue weighted by Crippen LogP contribution is -2.49. The van der Waals surface area contributed by atoms with E-state index in [1.54, 1.807) is 7.11 Å². The fourth-order valence-corrected chi connectivity index (χ4v) is 3.61. The summed E-state index contributed by atoms with van der Waals surface area (Å²) in [6, 6.07) is 17.4. The number of aliphatic hydroxyl groups is 1. The van der Waals surface area contributed by atoms with Gasteiger partial charge in [0.1, 0.15) is 5.75 Å². The summed E-state index contributed by atoms with van der Waals surface area (Å²) in [6.07, 6.45) is 1.14. The van der Waals surface area contributed by atoms with Crippen molar-refractivity contribution in [3.8, 4) is 5.75 Å². The first-order chi connectivity index (χ1) is 13.1. The SMILES string of the molecule is COc1ccc(C2(C(=O)NCC(O)Cc3ccccc3)CCOCC2)cc1. The molecule has 5 nitrogen and oxygen atoms in total. The first kappa shape index (κ1) is 19.4. The van der Waals surface area contributed by atoms with Gasteiger partial charge in [-0.25, -0.2) is 0 Å². The summed E-state index contributed by atoms with van der Waals surface area (Å²) in [4.78, 5) is 13.1. The Kier molecular flexibility index (Phi) is 6.48. The van der Waals surface area contributed by atoms with Gasteiger partial charge in [0.05, 0.1) is 18.6 Å². The zero-order chi connectivity index (χ0) is 19.1. The molecule has 0 aromatic heterocycles. The second-order valence-electron chi connectivity index (χ2n) is 6.98. The number of amides is 1. The zero-order valence-electron chi connectivity index (χ0n) is 15.7. The van der Waals surface area contributed by atoms with E-state index in [1.807, 2.05) is 54.6 Å². The average Bonchev–Trinajstić information content (AvgIpc) is 2.73. The van der Waals surface area contributed by atoms with E-state index in [0.29, 0.717) is 32.5 Å². The molecule has 1 amide bonds. The predicted octanol–water partition coefficient (Wildman–Crippen LogP) is 2.46. The van der Waals surface area contributed by atoms with Gasteiger partial charge in [0, 0.05) is 26.2 Å². The minimum Gasteiger partial charge on any atom is -0.497 e. The van der Waals surface area contributed by atoms with Crippen molar-refractivity contribution in [1.82, 2.24) is 5.32 Å². The van der Waals surface area contributed by atoms with E-state index < -0.39 is 11.5 Å². The number of hydrogen-bond donors (Lipinski definition) is 2. The minimum atomic E-state index is -0.628. The Morgan fingerprint density at radius 2 is 1.81 bits per heavy atom. The quantitative estimate of drug-likeness (QED) is 0.787. The molecule has 1 atom stereocenters. The molecule has 0 aliphatic carbocycles. The lowest BCUT2D eigenvalue weighted by Gasteiger charge is -2.36. The molecule has 2 aromatic rings. The van der Waals surface area contributed by atoms with Crippen LogP contribution in [0, 0.1) is 0 Å². The van der Waals surface area contributed by atoms with E-state index in [2.05, 4.69) is 5.32 Å². The maximum absolute atomic E-state index is 13.1. The second-order valence-corrected chi connectivity index (χ2v) is 6.98. The van der Waals surface area contributed by atoms with Crippen LogP contribution in [0.2, 0.25) is 0 Å². The molecule has 1 fully saturated rings. The number of benzene rings is 2. The third-order valence-corrected chi connectivity index (χ3v) is 5.24. The van der Waals surface area contributed by atoms with Gasteiger partial charge in [-0.1, -0.05) is 42.5 Å². The molecule has 1 heterocycles. The van der Waals surface area contributed by atoms with Gasteiger partial charge in [-0.3, -0.25) is 4.79 Å². The van der Waals surface area contributed by atoms with Crippen LogP contribution in [0.4, 0.5) is 0 Å². The standard InChI is InChI=1S/C22H27NO4/c1-26-20-9-7-18(8-10-20)22(11-13-27-14-12-22)21(25)23-16-19(24)15-17-5-3-2-4-6-17/h2-10,19,24H,11-16H2,1H3,(H,23,25). The van der Waals surface area contributed by atoms with E-state index >= 15 is 0 Å². The molecule has 0 radical (unpaired) electrons. The zero-order valence-corrected chi connectivity index (χ0v) is 15.7. The van der Waals surface area contributed by atoms with Gasteiger partial charge < -0.3 is 19.9 Å². The van der Waals surface area contributed by atoms with Crippen molar-refractivity contribution >= 4 is 5.91 Å². The molecule has 2 N–H and O–H groups in total. The van der Waals surface area contributed by atoms with Crippen LogP contribution in [0.3, 0.4) is 0 Å². The van der Waals surface area contributed by atoms with Crippen molar-refractivity contribution in [1.29, 1.82) is 0 Å². The molecule has 0 spiro atoms. The van der Waals surface area contributed by atoms with Crippen LogP contribution in [0.1, 0.15) is 24.0 Å². The number of methoxy groups -OCH3 is 1. The van der Waals surface area contributed by atoms with Gasteiger partial charge in [0.2, 0.25) is 5.91 Å². The summed E-state index contributed by atoms with van der Waals surface area (Å²) in [5, 5.41) is 13.3. The van der Waals surface area contributed by atoms with E-state index in [9.17, 15) is 9.90 Å². The van der Waals surface area contributed by atoms with Crippen molar-refractivity contribution in [3.05, 3.63) is 65.7 Å². The molecular weight excluding hydrogens is 342 g/mol. The third kappa shape index (κ3) is 4.67. The van der Waals surface area contributed by atoms with E-state index in [0.717, 1.165) is 16.9 Å². The lowest BCUT2D eigenvalue weighted by atomic mass is 9.73. The smallest absolute Gasteiger partial charge is 0.230 e. The first-order valence-corrected chi connectivity index (χ1v) is 9.36. The van der Waals surface area contributed by atoms with Crippen LogP contribution in [0.15, 0.2) is 54.6 Å². The number of nitrogens with one attached hydrogen (secondary N) is 1. The van der Waals surface area contributed by atoms with Crippen molar-refractivity contribution in [3.63, 3.8) is 0 Å². The molecular formula is C22H27NO4. The summed E-state index contributed by atoms with van der Waals surface area (Å²) in [6.45, 7) is 1.32. The van der Waals surface area contributed by atoms with Crippen LogP contribution in [-0.2, 0) is 21.4 Å². The topological polar surface area (TPSA) is 67.8 Å². The number of ether oxygens (including phenoxy) is 2. The molecule has 1 aliphatic heterocycles. The predicted molar refractivity (Wildman–Crippen MR) is 104 cm³/mol. The van der Waals surface area contributed by atoms with E-state index in [1.165, 1.54) is 0 Å². The van der Waals surface area contributed by atoms with Crippen LogP contribution in [-0.4, -0.2) is 44.0 Å². The third-order valence-electron chi connectivity index (χ3n) is 5.24. The Morgan fingerprint density at radius 3 is 2.44 bits per heavy atom. The Bertz CT molecular complexity index is 724. The van der Waals surface area contributed by atoms with Crippen molar-refractivity contribution in [2.24, 2.45) is 0 Å². The molecule has 0 saturated carbocycles.